The molecule has 3 amide bonds. The number of likely N-dealkylation sites (tertiary alicyclic amines) is 1. The lowest BCUT2D eigenvalue weighted by atomic mass is 9.85. The number of hydrogen-bond donors (Lipinski definition) is 1. The van der Waals surface area contributed by atoms with E-state index in [0.717, 1.165) is 0 Å². The molecule has 1 N–H and O–H groups in total. The third-order valence-corrected chi connectivity index (χ3v) is 4.99. The van der Waals surface area contributed by atoms with Gasteiger partial charge in [-0.3, -0.25) is 23.7 Å². The molecule has 1 saturated heterocycles. The Bertz CT molecular complexity index is 877. The number of fused-ring (bicyclic) bond motifs is 2. The average Bonchev–Trinajstić information content (AvgIpc) is 3.19. The lowest BCUT2D eigenvalue weighted by Crippen LogP contribution is -2.35. The summed E-state index contributed by atoms with van der Waals surface area (Å²) in [6, 6.07) is 5.56. The van der Waals surface area contributed by atoms with Crippen molar-refractivity contribution in [1.29, 1.82) is 0 Å². The number of hydrogen-bond acceptors (Lipinski definition) is 5. The summed E-state index contributed by atoms with van der Waals surface area (Å²) >= 11 is 0. The molecule has 2 atom stereocenters. The Balaban J connectivity index is 1.32. The number of aromatic nitrogens is 3. The van der Waals surface area contributed by atoms with Crippen LogP contribution in [0.4, 0.5) is 0 Å². The third-order valence-electron chi connectivity index (χ3n) is 4.99. The number of nitrogens with zero attached hydrogens (tertiary/aromatic N) is 4. The fraction of sp³-hybridized carbons (Fsp3) is 0.389. The summed E-state index contributed by atoms with van der Waals surface area (Å²) < 4.78 is 1.80. The SMILES string of the molecule is O=C(CCN1C(=O)[C@H]2CC=CC[C@H]2C1=O)NCc1nnc2ccccn12. The quantitative estimate of drug-likeness (QED) is 0.630. The second-order valence-corrected chi connectivity index (χ2v) is 6.56. The largest absolute Gasteiger partial charge is 0.349 e. The average molecular weight is 353 g/mol. The van der Waals surface area contributed by atoms with Gasteiger partial charge in [0.1, 0.15) is 0 Å². The lowest BCUT2D eigenvalue weighted by molar-refractivity contribution is -0.140. The van der Waals surface area contributed by atoms with Gasteiger partial charge in [0.15, 0.2) is 11.5 Å². The van der Waals surface area contributed by atoms with Crippen molar-refractivity contribution in [3.8, 4) is 0 Å². The first-order valence-electron chi connectivity index (χ1n) is 8.70. The Kier molecular flexibility index (Phi) is 4.24. The summed E-state index contributed by atoms with van der Waals surface area (Å²) in [5.41, 5.74) is 0.709. The van der Waals surface area contributed by atoms with E-state index in [1.54, 1.807) is 4.40 Å². The molecule has 0 bridgehead atoms. The Morgan fingerprint density at radius 1 is 1.12 bits per heavy atom. The number of nitrogens with one attached hydrogen (secondary N) is 1. The first-order valence-corrected chi connectivity index (χ1v) is 8.70. The summed E-state index contributed by atoms with van der Waals surface area (Å²) in [6.07, 6.45) is 7.03. The smallest absolute Gasteiger partial charge is 0.233 e. The number of carbonyl (C=O) groups is 3. The van der Waals surface area contributed by atoms with Crippen LogP contribution in [-0.4, -0.2) is 43.8 Å². The van der Waals surface area contributed by atoms with Crippen molar-refractivity contribution in [1.82, 2.24) is 24.8 Å². The van der Waals surface area contributed by atoms with E-state index in [1.807, 2.05) is 36.5 Å². The number of imide groups is 1. The number of pyridine rings is 1. The summed E-state index contributed by atoms with van der Waals surface area (Å²) in [4.78, 5) is 38.1. The third kappa shape index (κ3) is 2.87. The molecule has 2 aromatic heterocycles. The van der Waals surface area contributed by atoms with Crippen molar-refractivity contribution >= 4 is 23.4 Å². The van der Waals surface area contributed by atoms with Crippen LogP contribution in [0.5, 0.6) is 0 Å². The van der Waals surface area contributed by atoms with E-state index in [-0.39, 0.29) is 49.1 Å². The van der Waals surface area contributed by atoms with E-state index in [2.05, 4.69) is 15.5 Å². The highest BCUT2D eigenvalue weighted by atomic mass is 16.2. The first kappa shape index (κ1) is 16.4. The molecule has 26 heavy (non-hydrogen) atoms. The molecule has 1 aliphatic carbocycles. The molecular formula is C18H19N5O3. The summed E-state index contributed by atoms with van der Waals surface area (Å²) in [6.45, 7) is 0.359. The van der Waals surface area contributed by atoms with Crippen LogP contribution < -0.4 is 5.32 Å². The van der Waals surface area contributed by atoms with Crippen LogP contribution in [0.3, 0.4) is 0 Å². The predicted octanol–water partition coefficient (Wildman–Crippen LogP) is 0.687. The van der Waals surface area contributed by atoms with E-state index in [9.17, 15) is 14.4 Å². The van der Waals surface area contributed by atoms with Crippen LogP contribution in [0.1, 0.15) is 25.1 Å². The van der Waals surface area contributed by atoms with Gasteiger partial charge in [0.2, 0.25) is 17.7 Å². The van der Waals surface area contributed by atoms with Crippen molar-refractivity contribution in [3.63, 3.8) is 0 Å². The molecule has 1 fully saturated rings. The van der Waals surface area contributed by atoms with Gasteiger partial charge in [-0.25, -0.2) is 0 Å². The van der Waals surface area contributed by atoms with E-state index in [1.165, 1.54) is 4.90 Å². The van der Waals surface area contributed by atoms with Crippen LogP contribution in [0.15, 0.2) is 36.5 Å². The van der Waals surface area contributed by atoms with Gasteiger partial charge in [0.05, 0.1) is 18.4 Å². The van der Waals surface area contributed by atoms with Crippen LogP contribution in [0.25, 0.3) is 5.65 Å². The highest BCUT2D eigenvalue weighted by Gasteiger charge is 2.46. The Morgan fingerprint density at radius 2 is 1.85 bits per heavy atom. The van der Waals surface area contributed by atoms with E-state index in [0.29, 0.717) is 24.3 Å². The van der Waals surface area contributed by atoms with Crippen molar-refractivity contribution in [2.45, 2.75) is 25.8 Å². The highest BCUT2D eigenvalue weighted by Crippen LogP contribution is 2.34. The number of amides is 3. The topological polar surface area (TPSA) is 96.7 Å². The molecule has 0 spiro atoms. The summed E-state index contributed by atoms with van der Waals surface area (Å²) in [7, 11) is 0. The van der Waals surface area contributed by atoms with Crippen LogP contribution in [0, 0.1) is 11.8 Å². The maximum atomic E-state index is 12.4. The molecule has 4 rings (SSSR count). The van der Waals surface area contributed by atoms with Crippen molar-refractivity contribution in [3.05, 3.63) is 42.4 Å². The van der Waals surface area contributed by atoms with Gasteiger partial charge in [-0.15, -0.1) is 10.2 Å². The summed E-state index contributed by atoms with van der Waals surface area (Å²) in [5.74, 6) is -0.414. The molecule has 134 valence electrons. The molecule has 0 saturated carbocycles. The molecule has 1 aliphatic heterocycles. The zero-order chi connectivity index (χ0) is 18.1. The van der Waals surface area contributed by atoms with Gasteiger partial charge in [-0.1, -0.05) is 18.2 Å². The Labute approximate surface area is 149 Å². The van der Waals surface area contributed by atoms with E-state index >= 15 is 0 Å². The first-order chi connectivity index (χ1) is 12.6. The van der Waals surface area contributed by atoms with Crippen LogP contribution in [0.2, 0.25) is 0 Å². The molecule has 2 aromatic rings. The number of allylic oxidation sites excluding steroid dienone is 2. The number of rotatable bonds is 5. The van der Waals surface area contributed by atoms with E-state index < -0.39 is 0 Å². The standard InChI is InChI=1S/C18H19N5O3/c24-16(19-11-15-21-20-14-7-3-4-9-22(14)15)8-10-23-17(25)12-5-1-2-6-13(12)18(23)26/h1-4,7,9,12-13H,5-6,8,10-11H2,(H,19,24)/t12-,13+. The monoisotopic (exact) mass is 353 g/mol. The van der Waals surface area contributed by atoms with Crippen molar-refractivity contribution < 1.29 is 14.4 Å². The van der Waals surface area contributed by atoms with Gasteiger partial charge in [-0.05, 0) is 25.0 Å². The van der Waals surface area contributed by atoms with E-state index in [4.69, 9.17) is 0 Å². The van der Waals surface area contributed by atoms with Crippen molar-refractivity contribution in [2.24, 2.45) is 11.8 Å². The Hall–Kier alpha value is -3.03. The van der Waals surface area contributed by atoms with Gasteiger partial charge in [0.25, 0.3) is 0 Å². The zero-order valence-corrected chi connectivity index (χ0v) is 14.2. The molecule has 0 radical (unpaired) electrons. The molecule has 0 aromatic carbocycles. The minimum Gasteiger partial charge on any atom is -0.349 e. The van der Waals surface area contributed by atoms with Gasteiger partial charge in [0, 0.05) is 19.2 Å². The lowest BCUT2D eigenvalue weighted by Gasteiger charge is -2.14. The molecule has 3 heterocycles. The highest BCUT2D eigenvalue weighted by molar-refractivity contribution is 6.05. The molecular weight excluding hydrogens is 334 g/mol. The van der Waals surface area contributed by atoms with Crippen molar-refractivity contribution in [2.75, 3.05) is 6.54 Å². The predicted molar refractivity (Wildman–Crippen MR) is 91.5 cm³/mol. The van der Waals surface area contributed by atoms with Gasteiger partial charge < -0.3 is 5.32 Å². The van der Waals surface area contributed by atoms with Crippen LogP contribution in [-0.2, 0) is 20.9 Å². The Morgan fingerprint density at radius 3 is 2.58 bits per heavy atom. The molecule has 2 aliphatic rings. The normalized spacial score (nSPS) is 22.1. The molecule has 8 heteroatoms. The number of carbonyl (C=O) groups excluding carboxylic acids is 3. The second kappa shape index (κ2) is 6.70. The molecule has 0 unspecified atom stereocenters. The fourth-order valence-corrected chi connectivity index (χ4v) is 3.58. The zero-order valence-electron chi connectivity index (χ0n) is 14.2. The minimum atomic E-state index is -0.252. The van der Waals surface area contributed by atoms with Crippen LogP contribution >= 0.6 is 0 Å². The fourth-order valence-electron chi connectivity index (χ4n) is 3.58. The van der Waals surface area contributed by atoms with Gasteiger partial charge >= 0.3 is 0 Å². The second-order valence-electron chi connectivity index (χ2n) is 6.56. The minimum absolute atomic E-state index is 0.0844. The maximum absolute atomic E-state index is 12.4. The molecule has 8 nitrogen and oxygen atoms in total. The maximum Gasteiger partial charge on any atom is 0.233 e. The van der Waals surface area contributed by atoms with Gasteiger partial charge in [-0.2, -0.15) is 0 Å². The summed E-state index contributed by atoms with van der Waals surface area (Å²) in [5, 5.41) is 10.8.